The molecule has 102 valence electrons. The zero-order valence-corrected chi connectivity index (χ0v) is 12.7. The minimum Gasteiger partial charge on any atom is -0.478 e. The SMILES string of the molecule is Cc1cccnc1C(=O)Nc1ccc(I)cc1C(=O)O. The second-order valence-electron chi connectivity index (χ2n) is 4.12. The summed E-state index contributed by atoms with van der Waals surface area (Å²) < 4.78 is 0.784. The van der Waals surface area contributed by atoms with Crippen LogP contribution in [-0.2, 0) is 0 Å². The van der Waals surface area contributed by atoms with Crippen LogP contribution in [0.15, 0.2) is 36.5 Å². The molecule has 0 aliphatic heterocycles. The summed E-state index contributed by atoms with van der Waals surface area (Å²) >= 11 is 2.02. The first-order valence-corrected chi connectivity index (χ1v) is 6.82. The number of carboxylic acid groups (broad SMARTS) is 1. The number of aryl methyl sites for hydroxylation is 1. The highest BCUT2D eigenvalue weighted by atomic mass is 127. The van der Waals surface area contributed by atoms with Crippen molar-refractivity contribution in [1.29, 1.82) is 0 Å². The molecule has 0 unspecified atom stereocenters. The van der Waals surface area contributed by atoms with Crippen molar-refractivity contribution < 1.29 is 14.7 Å². The minimum absolute atomic E-state index is 0.0545. The lowest BCUT2D eigenvalue weighted by Gasteiger charge is -2.09. The maximum atomic E-state index is 12.1. The van der Waals surface area contributed by atoms with Gasteiger partial charge in [0.1, 0.15) is 5.69 Å². The lowest BCUT2D eigenvalue weighted by Crippen LogP contribution is -2.17. The van der Waals surface area contributed by atoms with Gasteiger partial charge in [0.15, 0.2) is 0 Å². The van der Waals surface area contributed by atoms with E-state index >= 15 is 0 Å². The van der Waals surface area contributed by atoms with Crippen molar-refractivity contribution in [2.75, 3.05) is 5.32 Å². The molecule has 1 amide bonds. The average Bonchev–Trinajstić information content (AvgIpc) is 2.41. The summed E-state index contributed by atoms with van der Waals surface area (Å²) in [6.45, 7) is 1.77. The molecular weight excluding hydrogens is 371 g/mol. The number of nitrogens with zero attached hydrogens (tertiary/aromatic N) is 1. The number of nitrogens with one attached hydrogen (secondary N) is 1. The van der Waals surface area contributed by atoms with Gasteiger partial charge in [0.2, 0.25) is 0 Å². The van der Waals surface area contributed by atoms with Crippen molar-refractivity contribution in [2.45, 2.75) is 6.92 Å². The van der Waals surface area contributed by atoms with Crippen molar-refractivity contribution in [2.24, 2.45) is 0 Å². The molecule has 0 fully saturated rings. The van der Waals surface area contributed by atoms with E-state index in [2.05, 4.69) is 10.3 Å². The predicted octanol–water partition coefficient (Wildman–Crippen LogP) is 2.95. The van der Waals surface area contributed by atoms with Crippen LogP contribution in [0.25, 0.3) is 0 Å². The maximum Gasteiger partial charge on any atom is 0.337 e. The fourth-order valence-electron chi connectivity index (χ4n) is 1.71. The highest BCUT2D eigenvalue weighted by molar-refractivity contribution is 14.1. The number of aromatic carboxylic acids is 1. The van der Waals surface area contributed by atoms with Gasteiger partial charge < -0.3 is 10.4 Å². The summed E-state index contributed by atoms with van der Waals surface area (Å²) in [5.41, 5.74) is 1.32. The number of carboxylic acids is 1. The maximum absolute atomic E-state index is 12.1. The molecule has 5 nitrogen and oxygen atoms in total. The van der Waals surface area contributed by atoms with E-state index in [1.807, 2.05) is 22.6 Å². The fraction of sp³-hybridized carbons (Fsp3) is 0.0714. The molecule has 0 atom stereocenters. The van der Waals surface area contributed by atoms with Crippen LogP contribution in [-0.4, -0.2) is 22.0 Å². The van der Waals surface area contributed by atoms with Gasteiger partial charge in [-0.15, -0.1) is 0 Å². The van der Waals surface area contributed by atoms with Crippen LogP contribution in [0.2, 0.25) is 0 Å². The molecule has 1 aromatic heterocycles. The third kappa shape index (κ3) is 3.13. The molecule has 1 heterocycles. The molecule has 6 heteroatoms. The third-order valence-corrected chi connectivity index (χ3v) is 3.36. The van der Waals surface area contributed by atoms with Crippen molar-refractivity contribution in [3.8, 4) is 0 Å². The quantitative estimate of drug-likeness (QED) is 0.801. The summed E-state index contributed by atoms with van der Waals surface area (Å²) in [7, 11) is 0. The van der Waals surface area contributed by atoms with Crippen molar-refractivity contribution in [1.82, 2.24) is 4.98 Å². The van der Waals surface area contributed by atoms with Gasteiger partial charge >= 0.3 is 5.97 Å². The van der Waals surface area contributed by atoms with E-state index in [9.17, 15) is 9.59 Å². The summed E-state index contributed by atoms with van der Waals surface area (Å²) in [5.74, 6) is -1.51. The van der Waals surface area contributed by atoms with E-state index in [4.69, 9.17) is 5.11 Å². The number of rotatable bonds is 3. The number of hydrogen-bond donors (Lipinski definition) is 2. The lowest BCUT2D eigenvalue weighted by molar-refractivity contribution is 0.0698. The molecule has 0 aliphatic carbocycles. The van der Waals surface area contributed by atoms with Gasteiger partial charge in [0.05, 0.1) is 11.3 Å². The summed E-state index contributed by atoms with van der Waals surface area (Å²) in [4.78, 5) is 27.3. The lowest BCUT2D eigenvalue weighted by atomic mass is 10.1. The smallest absolute Gasteiger partial charge is 0.337 e. The Balaban J connectivity index is 2.33. The van der Waals surface area contributed by atoms with Crippen LogP contribution >= 0.6 is 22.6 Å². The van der Waals surface area contributed by atoms with Gasteiger partial charge in [0.25, 0.3) is 5.91 Å². The largest absolute Gasteiger partial charge is 0.478 e. The van der Waals surface area contributed by atoms with Crippen LogP contribution in [0.3, 0.4) is 0 Å². The van der Waals surface area contributed by atoms with E-state index in [-0.39, 0.29) is 16.9 Å². The Morgan fingerprint density at radius 2 is 2.05 bits per heavy atom. The van der Waals surface area contributed by atoms with Crippen molar-refractivity contribution in [3.05, 3.63) is 56.9 Å². The zero-order chi connectivity index (χ0) is 14.7. The van der Waals surface area contributed by atoms with Gasteiger partial charge in [0, 0.05) is 9.77 Å². The standard InChI is InChI=1S/C14H11IN2O3/c1-8-3-2-6-16-12(8)13(18)17-11-5-4-9(15)7-10(11)14(19)20/h2-7H,1H3,(H,17,18)(H,19,20). The number of halogens is 1. The molecule has 0 radical (unpaired) electrons. The van der Waals surface area contributed by atoms with Gasteiger partial charge in [-0.25, -0.2) is 4.79 Å². The molecule has 0 spiro atoms. The van der Waals surface area contributed by atoms with E-state index in [1.54, 1.807) is 31.2 Å². The first-order valence-electron chi connectivity index (χ1n) is 5.75. The third-order valence-electron chi connectivity index (χ3n) is 2.68. The number of hydrogen-bond acceptors (Lipinski definition) is 3. The highest BCUT2D eigenvalue weighted by Crippen LogP contribution is 2.20. The summed E-state index contributed by atoms with van der Waals surface area (Å²) in [6.07, 6.45) is 1.52. The van der Waals surface area contributed by atoms with Crippen LogP contribution in [0.5, 0.6) is 0 Å². The van der Waals surface area contributed by atoms with Crippen LogP contribution in [0.1, 0.15) is 26.4 Å². The second kappa shape index (κ2) is 6.00. The van der Waals surface area contributed by atoms with Crippen molar-refractivity contribution in [3.63, 3.8) is 0 Å². The number of carbonyl (C=O) groups excluding carboxylic acids is 1. The molecule has 0 bridgehead atoms. The normalized spacial score (nSPS) is 10.1. The van der Waals surface area contributed by atoms with Crippen LogP contribution in [0, 0.1) is 10.5 Å². The number of pyridine rings is 1. The number of amides is 1. The van der Waals surface area contributed by atoms with E-state index in [0.717, 1.165) is 9.13 Å². The number of benzene rings is 1. The van der Waals surface area contributed by atoms with Gasteiger partial charge in [-0.2, -0.15) is 0 Å². The fourth-order valence-corrected chi connectivity index (χ4v) is 2.20. The minimum atomic E-state index is -1.09. The Labute approximate surface area is 129 Å². The summed E-state index contributed by atoms with van der Waals surface area (Å²) in [6, 6.07) is 8.31. The number of anilines is 1. The van der Waals surface area contributed by atoms with Gasteiger partial charge in [-0.3, -0.25) is 9.78 Å². The Kier molecular flexibility index (Phi) is 4.33. The molecule has 2 rings (SSSR count). The highest BCUT2D eigenvalue weighted by Gasteiger charge is 2.15. The van der Waals surface area contributed by atoms with E-state index in [1.165, 1.54) is 12.3 Å². The molecule has 2 N–H and O–H groups in total. The van der Waals surface area contributed by atoms with Gasteiger partial charge in [-0.05, 0) is 59.3 Å². The predicted molar refractivity (Wildman–Crippen MR) is 83.0 cm³/mol. The Morgan fingerprint density at radius 1 is 1.30 bits per heavy atom. The van der Waals surface area contributed by atoms with Crippen LogP contribution in [0.4, 0.5) is 5.69 Å². The molecule has 2 aromatic rings. The van der Waals surface area contributed by atoms with Crippen molar-refractivity contribution >= 4 is 40.2 Å². The molecule has 0 aliphatic rings. The van der Waals surface area contributed by atoms with E-state index in [0.29, 0.717) is 0 Å². The molecule has 0 saturated carbocycles. The van der Waals surface area contributed by atoms with Gasteiger partial charge in [-0.1, -0.05) is 6.07 Å². The first kappa shape index (κ1) is 14.4. The molecule has 0 saturated heterocycles. The molecular formula is C14H11IN2O3. The molecule has 20 heavy (non-hydrogen) atoms. The summed E-state index contributed by atoms with van der Waals surface area (Å²) in [5, 5.41) is 11.7. The zero-order valence-electron chi connectivity index (χ0n) is 10.6. The Hall–Kier alpha value is -1.96. The monoisotopic (exact) mass is 382 g/mol. The Bertz CT molecular complexity index is 686. The average molecular weight is 382 g/mol. The van der Waals surface area contributed by atoms with Crippen LogP contribution < -0.4 is 5.32 Å². The van der Waals surface area contributed by atoms with E-state index < -0.39 is 11.9 Å². The molecule has 1 aromatic carbocycles. The topological polar surface area (TPSA) is 79.3 Å². The number of aromatic nitrogens is 1. The first-order chi connectivity index (χ1) is 9.49. The second-order valence-corrected chi connectivity index (χ2v) is 5.36. The Morgan fingerprint density at radius 3 is 2.70 bits per heavy atom. The number of carbonyl (C=O) groups is 2.